The van der Waals surface area contributed by atoms with E-state index in [2.05, 4.69) is 27.6 Å². The third kappa shape index (κ3) is 4.14. The Morgan fingerprint density at radius 1 is 1.19 bits per heavy atom. The van der Waals surface area contributed by atoms with Crippen LogP contribution in [0.4, 0.5) is 16.0 Å². The highest BCUT2D eigenvalue weighted by Crippen LogP contribution is 2.37. The van der Waals surface area contributed by atoms with E-state index in [9.17, 15) is 9.18 Å². The lowest BCUT2D eigenvalue weighted by molar-refractivity contribution is -0.113. The molecule has 2 N–H and O–H groups in total. The zero-order chi connectivity index (χ0) is 22.8. The predicted octanol–water partition coefficient (Wildman–Crippen LogP) is 5.46. The number of anilines is 2. The van der Waals surface area contributed by atoms with Crippen LogP contribution in [0.2, 0.25) is 0 Å². The summed E-state index contributed by atoms with van der Waals surface area (Å²) in [4.78, 5) is 18.1. The van der Waals surface area contributed by atoms with Gasteiger partial charge in [0.1, 0.15) is 11.9 Å². The van der Waals surface area contributed by atoms with Crippen LogP contribution in [-0.2, 0) is 4.79 Å². The van der Waals surface area contributed by atoms with Crippen LogP contribution in [0.3, 0.4) is 0 Å². The predicted molar refractivity (Wildman–Crippen MR) is 126 cm³/mol. The van der Waals surface area contributed by atoms with Crippen LogP contribution in [0.25, 0.3) is 0 Å². The lowest BCUT2D eigenvalue weighted by Gasteiger charge is -2.29. The van der Waals surface area contributed by atoms with Gasteiger partial charge in [-0.25, -0.2) is 9.07 Å². The summed E-state index contributed by atoms with van der Waals surface area (Å²) in [5, 5.41) is 11.4. The normalized spacial score (nSPS) is 15.3. The number of amides is 1. The maximum atomic E-state index is 14.9. The molecule has 0 saturated carbocycles. The fraction of sp³-hybridized carbons (Fsp3) is 0.292. The van der Waals surface area contributed by atoms with E-state index in [1.807, 2.05) is 39.0 Å². The number of benzene rings is 2. The minimum absolute atomic E-state index is 0.305. The molecule has 1 atom stereocenters. The van der Waals surface area contributed by atoms with E-state index in [-0.39, 0.29) is 5.91 Å². The van der Waals surface area contributed by atoms with E-state index in [0.717, 1.165) is 29.0 Å². The molecule has 0 bridgehead atoms. The Morgan fingerprint density at radius 2 is 1.97 bits per heavy atom. The molecule has 3 aromatic rings. The first kappa shape index (κ1) is 22.1. The Morgan fingerprint density at radius 3 is 2.72 bits per heavy atom. The van der Waals surface area contributed by atoms with Crippen LogP contribution < -0.4 is 10.6 Å². The number of aryl methyl sites for hydroxylation is 1. The van der Waals surface area contributed by atoms with E-state index in [0.29, 0.717) is 27.9 Å². The van der Waals surface area contributed by atoms with Crippen LogP contribution in [-0.4, -0.2) is 26.4 Å². The molecule has 1 amide bonds. The van der Waals surface area contributed by atoms with Gasteiger partial charge in [0.25, 0.3) is 5.91 Å². The van der Waals surface area contributed by atoms with Crippen molar-refractivity contribution in [2.75, 3.05) is 16.4 Å². The van der Waals surface area contributed by atoms with Crippen molar-refractivity contribution in [2.24, 2.45) is 0 Å². The second kappa shape index (κ2) is 9.16. The number of carbonyl (C=O) groups excluding carboxylic acids is 1. The molecular weight excluding hydrogens is 425 g/mol. The lowest BCUT2D eigenvalue weighted by atomic mass is 9.94. The van der Waals surface area contributed by atoms with Gasteiger partial charge in [-0.15, -0.1) is 5.10 Å². The summed E-state index contributed by atoms with van der Waals surface area (Å²) in [6.45, 7) is 7.86. The van der Waals surface area contributed by atoms with Crippen molar-refractivity contribution in [1.29, 1.82) is 0 Å². The van der Waals surface area contributed by atoms with Crippen molar-refractivity contribution in [2.45, 2.75) is 45.3 Å². The molecule has 8 heteroatoms. The monoisotopic (exact) mass is 451 g/mol. The summed E-state index contributed by atoms with van der Waals surface area (Å²) in [5.74, 6) is 0.673. The first-order chi connectivity index (χ1) is 15.4. The van der Waals surface area contributed by atoms with E-state index < -0.39 is 11.9 Å². The van der Waals surface area contributed by atoms with E-state index >= 15 is 0 Å². The molecule has 4 rings (SSSR count). The van der Waals surface area contributed by atoms with Gasteiger partial charge in [-0.2, -0.15) is 4.98 Å². The topological polar surface area (TPSA) is 71.8 Å². The number of carbonyl (C=O) groups is 1. The van der Waals surface area contributed by atoms with Gasteiger partial charge in [0.05, 0.1) is 5.57 Å². The largest absolute Gasteiger partial charge is 0.328 e. The molecule has 0 fully saturated rings. The summed E-state index contributed by atoms with van der Waals surface area (Å²) in [6.07, 6.45) is 0.986. The Labute approximate surface area is 191 Å². The third-order valence-corrected chi connectivity index (χ3v) is 6.61. The van der Waals surface area contributed by atoms with Gasteiger partial charge in [0.2, 0.25) is 11.1 Å². The highest BCUT2D eigenvalue weighted by molar-refractivity contribution is 7.99. The Bertz CT molecular complexity index is 1200. The number of nitrogens with zero attached hydrogens (tertiary/aromatic N) is 3. The number of hydrogen-bond acceptors (Lipinski definition) is 5. The Balaban J connectivity index is 1.79. The van der Waals surface area contributed by atoms with Crippen molar-refractivity contribution >= 4 is 29.3 Å². The number of aromatic nitrogens is 3. The van der Waals surface area contributed by atoms with Gasteiger partial charge < -0.3 is 10.6 Å². The number of halogens is 1. The fourth-order valence-corrected chi connectivity index (χ4v) is 4.42. The molecule has 0 spiro atoms. The molecule has 1 aromatic heterocycles. The molecule has 2 heterocycles. The Kier molecular flexibility index (Phi) is 6.32. The zero-order valence-electron chi connectivity index (χ0n) is 18.6. The molecule has 0 aliphatic carbocycles. The molecule has 166 valence electrons. The molecule has 0 radical (unpaired) electrons. The number of hydrogen-bond donors (Lipinski definition) is 2. The average molecular weight is 452 g/mol. The quantitative estimate of drug-likeness (QED) is 0.487. The van der Waals surface area contributed by atoms with E-state index in [1.165, 1.54) is 17.8 Å². The summed E-state index contributed by atoms with van der Waals surface area (Å²) in [7, 11) is 0. The SMILES string of the molecule is CCCSc1nc2n(n1)C(c1ccccc1F)C(C(=O)Nc1cccc(C)c1C)=C(C)N2. The lowest BCUT2D eigenvalue weighted by Crippen LogP contribution is -2.32. The van der Waals surface area contributed by atoms with Crippen molar-refractivity contribution in [3.05, 3.63) is 76.2 Å². The Hall–Kier alpha value is -3.13. The van der Waals surface area contributed by atoms with Crippen LogP contribution in [0.5, 0.6) is 0 Å². The first-order valence-electron chi connectivity index (χ1n) is 10.6. The third-order valence-electron chi connectivity index (χ3n) is 5.57. The van der Waals surface area contributed by atoms with Crippen LogP contribution >= 0.6 is 11.8 Å². The van der Waals surface area contributed by atoms with Gasteiger partial charge >= 0.3 is 0 Å². The smallest absolute Gasteiger partial charge is 0.255 e. The van der Waals surface area contributed by atoms with Gasteiger partial charge in [-0.1, -0.05) is 49.0 Å². The van der Waals surface area contributed by atoms with E-state index in [4.69, 9.17) is 0 Å². The minimum atomic E-state index is -0.735. The molecule has 1 aliphatic rings. The molecule has 1 unspecified atom stereocenters. The average Bonchev–Trinajstić information content (AvgIpc) is 3.17. The van der Waals surface area contributed by atoms with Gasteiger partial charge in [0, 0.05) is 22.7 Å². The number of fused-ring (bicyclic) bond motifs is 1. The zero-order valence-corrected chi connectivity index (χ0v) is 19.4. The molecule has 1 aliphatic heterocycles. The highest BCUT2D eigenvalue weighted by Gasteiger charge is 2.35. The number of nitrogens with one attached hydrogen (secondary N) is 2. The van der Waals surface area contributed by atoms with Crippen LogP contribution in [0.15, 0.2) is 58.9 Å². The van der Waals surface area contributed by atoms with Crippen molar-refractivity contribution in [3.63, 3.8) is 0 Å². The number of thioether (sulfide) groups is 1. The molecule has 32 heavy (non-hydrogen) atoms. The van der Waals surface area contributed by atoms with Crippen molar-refractivity contribution < 1.29 is 9.18 Å². The second-order valence-electron chi connectivity index (χ2n) is 7.80. The minimum Gasteiger partial charge on any atom is -0.328 e. The van der Waals surface area contributed by atoms with Gasteiger partial charge in [-0.05, 0) is 50.5 Å². The highest BCUT2D eigenvalue weighted by atomic mass is 32.2. The fourth-order valence-electron chi connectivity index (χ4n) is 3.74. The molecule has 0 saturated heterocycles. The van der Waals surface area contributed by atoms with Crippen molar-refractivity contribution in [1.82, 2.24) is 14.8 Å². The maximum absolute atomic E-state index is 14.9. The van der Waals surface area contributed by atoms with E-state index in [1.54, 1.807) is 22.9 Å². The van der Waals surface area contributed by atoms with Crippen molar-refractivity contribution in [3.8, 4) is 0 Å². The first-order valence-corrected chi connectivity index (χ1v) is 11.6. The summed E-state index contributed by atoms with van der Waals surface area (Å²) in [6, 6.07) is 11.5. The number of allylic oxidation sites excluding steroid dienone is 1. The van der Waals surface area contributed by atoms with Crippen LogP contribution in [0, 0.1) is 19.7 Å². The molecule has 2 aromatic carbocycles. The summed E-state index contributed by atoms with van der Waals surface area (Å²) in [5.41, 5.74) is 4.19. The van der Waals surface area contributed by atoms with Gasteiger partial charge in [-0.3, -0.25) is 4.79 Å². The summed E-state index contributed by atoms with van der Waals surface area (Å²) < 4.78 is 16.6. The second-order valence-corrected chi connectivity index (χ2v) is 8.86. The van der Waals surface area contributed by atoms with Gasteiger partial charge in [0.15, 0.2) is 0 Å². The summed E-state index contributed by atoms with van der Waals surface area (Å²) >= 11 is 1.54. The standard InChI is InChI=1S/C24H26FN5OS/c1-5-13-32-24-28-23-26-16(4)20(22(31)27-19-12-8-9-14(2)15(19)3)21(30(23)29-24)17-10-6-7-11-18(17)25/h6-12,21H,5,13H2,1-4H3,(H,27,31)(H,26,28,29). The maximum Gasteiger partial charge on any atom is 0.255 e. The molecular formula is C24H26FN5OS. The van der Waals surface area contributed by atoms with Crippen LogP contribution in [0.1, 0.15) is 43.0 Å². The number of rotatable bonds is 6. The molecule has 6 nitrogen and oxygen atoms in total.